The summed E-state index contributed by atoms with van der Waals surface area (Å²) in [6.45, 7) is 2.37. The lowest BCUT2D eigenvalue weighted by atomic mass is 9.93. The Morgan fingerprint density at radius 3 is 2.07 bits per heavy atom. The molecule has 0 amide bonds. The minimum atomic E-state index is -2.94. The van der Waals surface area contributed by atoms with Gasteiger partial charge in [-0.3, -0.25) is 0 Å². The molecule has 0 spiro atoms. The maximum absolute atomic E-state index is 14.4. The minimum absolute atomic E-state index is 0.0226. The highest BCUT2D eigenvalue weighted by Crippen LogP contribution is 2.41. The number of halogens is 6. The van der Waals surface area contributed by atoms with Crippen molar-refractivity contribution in [3.8, 4) is 0 Å². The summed E-state index contributed by atoms with van der Waals surface area (Å²) < 4.78 is 82.8. The highest BCUT2D eigenvalue weighted by molar-refractivity contribution is 5.97. The Balaban J connectivity index is 2.36. The van der Waals surface area contributed by atoms with Crippen LogP contribution in [0.5, 0.6) is 0 Å². The van der Waals surface area contributed by atoms with Crippen LogP contribution < -0.4 is 0 Å². The molecule has 0 unspecified atom stereocenters. The van der Waals surface area contributed by atoms with Gasteiger partial charge in [0.2, 0.25) is 0 Å². The Kier molecular flexibility index (Phi) is 5.12. The zero-order valence-corrected chi connectivity index (χ0v) is 13.8. The molecule has 0 bridgehead atoms. The highest BCUT2D eigenvalue weighted by Gasteiger charge is 2.32. The molecule has 1 aliphatic rings. The van der Waals surface area contributed by atoms with Crippen LogP contribution >= 0.6 is 0 Å². The van der Waals surface area contributed by atoms with Crippen molar-refractivity contribution in [2.45, 2.75) is 6.43 Å². The Hall–Kier alpha value is -2.96. The number of benzene rings is 2. The number of nitrogens with zero attached hydrogens (tertiary/aromatic N) is 1. The second-order valence-corrected chi connectivity index (χ2v) is 5.81. The number of rotatable bonds is 4. The van der Waals surface area contributed by atoms with E-state index in [1.165, 1.54) is 12.1 Å². The molecule has 0 fully saturated rings. The summed E-state index contributed by atoms with van der Waals surface area (Å²) in [6.07, 6.45) is -1.97. The van der Waals surface area contributed by atoms with Gasteiger partial charge in [-0.1, -0.05) is 36.9 Å². The van der Waals surface area contributed by atoms with Gasteiger partial charge in [-0.15, -0.1) is 0 Å². The molecule has 2 aromatic rings. The van der Waals surface area contributed by atoms with Crippen LogP contribution in [0.15, 0.2) is 66.6 Å². The van der Waals surface area contributed by atoms with Gasteiger partial charge in [0.1, 0.15) is 23.3 Å². The van der Waals surface area contributed by atoms with Crippen LogP contribution in [0, 0.1) is 17.5 Å². The molecule has 0 saturated carbocycles. The predicted molar refractivity (Wildman–Crippen MR) is 90.6 cm³/mol. The second kappa shape index (κ2) is 7.34. The van der Waals surface area contributed by atoms with Crippen LogP contribution in [-0.4, -0.2) is 17.9 Å². The third-order valence-electron chi connectivity index (χ3n) is 4.05. The standard InChI is InChI=1S/C20H13F6N/c1-11-15(22)9-14(12-5-3-2-4-6-12)20(27(11)10-18(25)26)19-16(23)7-13(21)8-17(19)24/h2-9,18H,1,10H2. The summed E-state index contributed by atoms with van der Waals surface area (Å²) in [5.74, 6) is -4.66. The molecule has 1 nitrogen and oxygen atoms in total. The van der Waals surface area contributed by atoms with Crippen LogP contribution in [0.25, 0.3) is 11.3 Å². The van der Waals surface area contributed by atoms with Crippen molar-refractivity contribution in [2.75, 3.05) is 6.54 Å². The van der Waals surface area contributed by atoms with E-state index < -0.39 is 47.5 Å². The predicted octanol–water partition coefficient (Wildman–Crippen LogP) is 5.92. The SMILES string of the molecule is C=C1C(F)=CC(c2ccccc2)=C(c2c(F)cc(F)cc2F)N1CC(F)F. The lowest BCUT2D eigenvalue weighted by Gasteiger charge is -2.33. The molecule has 0 atom stereocenters. The van der Waals surface area contributed by atoms with E-state index in [0.717, 1.165) is 6.08 Å². The van der Waals surface area contributed by atoms with Crippen LogP contribution in [0.1, 0.15) is 11.1 Å². The Labute approximate surface area is 151 Å². The van der Waals surface area contributed by atoms with E-state index in [1.54, 1.807) is 18.2 Å². The Bertz CT molecular complexity index is 923. The average Bonchev–Trinajstić information content (AvgIpc) is 2.60. The quantitative estimate of drug-likeness (QED) is 0.594. The van der Waals surface area contributed by atoms with E-state index in [1.807, 2.05) is 0 Å². The molecule has 0 aliphatic carbocycles. The molecule has 0 aromatic heterocycles. The van der Waals surface area contributed by atoms with E-state index in [9.17, 15) is 26.3 Å². The van der Waals surface area contributed by atoms with E-state index in [2.05, 4.69) is 6.58 Å². The van der Waals surface area contributed by atoms with Crippen molar-refractivity contribution in [3.63, 3.8) is 0 Å². The maximum atomic E-state index is 14.4. The topological polar surface area (TPSA) is 3.24 Å². The lowest BCUT2D eigenvalue weighted by molar-refractivity contribution is 0.122. The zero-order valence-electron chi connectivity index (χ0n) is 13.8. The molecular weight excluding hydrogens is 368 g/mol. The van der Waals surface area contributed by atoms with Crippen LogP contribution in [0.4, 0.5) is 26.3 Å². The van der Waals surface area contributed by atoms with Crippen molar-refractivity contribution in [1.29, 1.82) is 0 Å². The summed E-state index contributed by atoms with van der Waals surface area (Å²) in [5, 5.41) is 0. The fourth-order valence-electron chi connectivity index (χ4n) is 2.90. The van der Waals surface area contributed by atoms with E-state index >= 15 is 0 Å². The van der Waals surface area contributed by atoms with Crippen LogP contribution in [-0.2, 0) is 0 Å². The molecule has 0 radical (unpaired) electrons. The third kappa shape index (κ3) is 3.63. The van der Waals surface area contributed by atoms with Crippen molar-refractivity contribution in [3.05, 3.63) is 95.2 Å². The smallest absolute Gasteiger partial charge is 0.256 e. The fraction of sp³-hybridized carbons (Fsp3) is 0.100. The molecule has 0 saturated heterocycles. The fourth-order valence-corrected chi connectivity index (χ4v) is 2.90. The first-order chi connectivity index (χ1) is 12.8. The van der Waals surface area contributed by atoms with E-state index in [-0.39, 0.29) is 11.3 Å². The summed E-state index contributed by atoms with van der Waals surface area (Å²) in [6, 6.07) is 8.81. The summed E-state index contributed by atoms with van der Waals surface area (Å²) >= 11 is 0. The Morgan fingerprint density at radius 2 is 1.52 bits per heavy atom. The number of hydrogen-bond donors (Lipinski definition) is 0. The summed E-state index contributed by atoms with van der Waals surface area (Å²) in [5.41, 5.74) is -1.22. The van der Waals surface area contributed by atoms with Crippen molar-refractivity contribution < 1.29 is 26.3 Å². The van der Waals surface area contributed by atoms with Gasteiger partial charge in [-0.05, 0) is 11.6 Å². The van der Waals surface area contributed by atoms with Gasteiger partial charge in [0.05, 0.1) is 23.5 Å². The van der Waals surface area contributed by atoms with Crippen molar-refractivity contribution in [2.24, 2.45) is 0 Å². The molecule has 1 heterocycles. The molecule has 140 valence electrons. The molecule has 3 rings (SSSR count). The average molecular weight is 381 g/mol. The Morgan fingerprint density at radius 1 is 0.926 bits per heavy atom. The second-order valence-electron chi connectivity index (χ2n) is 5.81. The van der Waals surface area contributed by atoms with Crippen LogP contribution in [0.3, 0.4) is 0 Å². The van der Waals surface area contributed by atoms with Crippen LogP contribution in [0.2, 0.25) is 0 Å². The number of hydrogen-bond acceptors (Lipinski definition) is 1. The molecule has 27 heavy (non-hydrogen) atoms. The first-order valence-electron chi connectivity index (χ1n) is 7.86. The number of allylic oxidation sites excluding steroid dienone is 3. The van der Waals surface area contributed by atoms with Gasteiger partial charge < -0.3 is 4.90 Å². The van der Waals surface area contributed by atoms with Gasteiger partial charge >= 0.3 is 0 Å². The lowest BCUT2D eigenvalue weighted by Crippen LogP contribution is -2.30. The summed E-state index contributed by atoms with van der Waals surface area (Å²) in [4.78, 5) is 0.710. The van der Waals surface area contributed by atoms with E-state index in [0.29, 0.717) is 22.6 Å². The number of alkyl halides is 2. The van der Waals surface area contributed by atoms with Crippen molar-refractivity contribution >= 4 is 11.3 Å². The normalized spacial score (nSPS) is 14.9. The third-order valence-corrected chi connectivity index (χ3v) is 4.05. The van der Waals surface area contributed by atoms with E-state index in [4.69, 9.17) is 0 Å². The first-order valence-corrected chi connectivity index (χ1v) is 7.86. The van der Waals surface area contributed by atoms with Gasteiger partial charge in [0.25, 0.3) is 6.43 Å². The molecule has 7 heteroatoms. The molecule has 0 N–H and O–H groups in total. The minimum Gasteiger partial charge on any atom is -0.333 e. The van der Waals surface area contributed by atoms with Gasteiger partial charge in [-0.2, -0.15) is 0 Å². The largest absolute Gasteiger partial charge is 0.333 e. The van der Waals surface area contributed by atoms with Gasteiger partial charge in [0.15, 0.2) is 0 Å². The zero-order chi connectivity index (χ0) is 19.7. The maximum Gasteiger partial charge on any atom is 0.256 e. The van der Waals surface area contributed by atoms with Crippen molar-refractivity contribution in [1.82, 2.24) is 4.90 Å². The molecular formula is C20H13F6N. The highest BCUT2D eigenvalue weighted by atomic mass is 19.3. The summed E-state index contributed by atoms with van der Waals surface area (Å²) in [7, 11) is 0. The molecule has 2 aromatic carbocycles. The van der Waals surface area contributed by atoms with Gasteiger partial charge in [-0.25, -0.2) is 26.3 Å². The first kappa shape index (κ1) is 18.8. The van der Waals surface area contributed by atoms with Gasteiger partial charge in [0, 0.05) is 17.7 Å². The monoisotopic (exact) mass is 381 g/mol. The molecule has 1 aliphatic heterocycles.